The largest absolute Gasteiger partial charge is 0.393 e. The number of carbonyl (C=O) groups is 1. The topological polar surface area (TPSA) is 45.5 Å². The predicted octanol–water partition coefficient (Wildman–Crippen LogP) is 2.65. The first kappa shape index (κ1) is 15.1. The van der Waals surface area contributed by atoms with E-state index in [0.717, 1.165) is 36.6 Å². The molecular weight excluding hydrogens is 276 g/mol. The first-order valence-electron chi connectivity index (χ1n) is 8.11. The molecule has 1 amide bonds. The Balaban J connectivity index is 1.63. The van der Waals surface area contributed by atoms with Crippen molar-refractivity contribution in [2.45, 2.75) is 38.3 Å². The fourth-order valence-electron chi connectivity index (χ4n) is 3.40. The molecule has 0 radical (unpaired) electrons. The maximum atomic E-state index is 12.5. The molecule has 1 N–H and O–H groups in total. The summed E-state index contributed by atoms with van der Waals surface area (Å²) in [4.78, 5) is 14.2. The fourth-order valence-corrected chi connectivity index (χ4v) is 3.40. The summed E-state index contributed by atoms with van der Waals surface area (Å²) in [6, 6.07) is 10.1. The van der Waals surface area contributed by atoms with Crippen LogP contribution in [0.4, 0.5) is 0 Å². The molecule has 2 atom stereocenters. The fraction of sp³-hybridized carbons (Fsp3) is 0.500. The normalized spacial score (nSPS) is 21.9. The van der Waals surface area contributed by atoms with Crippen LogP contribution in [-0.2, 0) is 11.3 Å². The number of hydrogen-bond acceptors (Lipinski definition) is 2. The molecule has 0 aliphatic heterocycles. The molecule has 118 valence electrons. The summed E-state index contributed by atoms with van der Waals surface area (Å²) in [7, 11) is 1.84. The first-order chi connectivity index (χ1) is 10.6. The number of carbonyl (C=O) groups excluding carboxylic acids is 1. The molecule has 0 saturated heterocycles. The Morgan fingerprint density at radius 1 is 1.27 bits per heavy atom. The molecule has 1 aliphatic rings. The number of fused-ring (bicyclic) bond motifs is 1. The van der Waals surface area contributed by atoms with Gasteiger partial charge in [0.1, 0.15) is 6.54 Å². The monoisotopic (exact) mass is 300 g/mol. The summed E-state index contributed by atoms with van der Waals surface area (Å²) < 4.78 is 1.99. The standard InChI is InChI=1S/C18H24N2O2/c1-19(12-15-7-3-5-9-17(15)21)18(22)13-20-11-10-14-6-2-4-8-16(14)20/h2,4,6,8,10-11,15,17,21H,3,5,7,9,12-13H2,1H3. The molecule has 1 aromatic heterocycles. The molecular formula is C18H24N2O2. The summed E-state index contributed by atoms with van der Waals surface area (Å²) in [5.41, 5.74) is 1.09. The minimum Gasteiger partial charge on any atom is -0.393 e. The third kappa shape index (κ3) is 3.17. The number of nitrogens with zero attached hydrogens (tertiary/aromatic N) is 2. The van der Waals surface area contributed by atoms with E-state index in [-0.39, 0.29) is 17.9 Å². The molecule has 4 heteroatoms. The van der Waals surface area contributed by atoms with Crippen LogP contribution in [0.1, 0.15) is 25.7 Å². The van der Waals surface area contributed by atoms with Gasteiger partial charge in [-0.3, -0.25) is 4.79 Å². The van der Waals surface area contributed by atoms with Gasteiger partial charge in [-0.05, 0) is 30.4 Å². The Hall–Kier alpha value is -1.81. The number of amides is 1. The van der Waals surface area contributed by atoms with Gasteiger partial charge in [0, 0.05) is 31.2 Å². The van der Waals surface area contributed by atoms with E-state index < -0.39 is 0 Å². The summed E-state index contributed by atoms with van der Waals surface area (Å²) in [5, 5.41) is 11.2. The van der Waals surface area contributed by atoms with Crippen LogP contribution in [-0.4, -0.2) is 40.2 Å². The molecule has 0 spiro atoms. The number of hydrogen-bond donors (Lipinski definition) is 1. The van der Waals surface area contributed by atoms with Crippen LogP contribution in [0.15, 0.2) is 36.5 Å². The van der Waals surface area contributed by atoms with Crippen molar-refractivity contribution in [2.75, 3.05) is 13.6 Å². The van der Waals surface area contributed by atoms with Crippen molar-refractivity contribution in [3.05, 3.63) is 36.5 Å². The van der Waals surface area contributed by atoms with E-state index in [9.17, 15) is 9.90 Å². The number of benzene rings is 1. The number of aliphatic hydroxyl groups excluding tert-OH is 1. The smallest absolute Gasteiger partial charge is 0.242 e. The van der Waals surface area contributed by atoms with Crippen molar-refractivity contribution in [1.82, 2.24) is 9.47 Å². The summed E-state index contributed by atoms with van der Waals surface area (Å²) >= 11 is 0. The van der Waals surface area contributed by atoms with Crippen LogP contribution in [0.5, 0.6) is 0 Å². The molecule has 1 saturated carbocycles. The molecule has 1 heterocycles. The lowest BCUT2D eigenvalue weighted by atomic mass is 9.86. The average molecular weight is 300 g/mol. The maximum absolute atomic E-state index is 12.5. The predicted molar refractivity (Wildman–Crippen MR) is 87.5 cm³/mol. The highest BCUT2D eigenvalue weighted by Crippen LogP contribution is 2.25. The number of rotatable bonds is 4. The Labute approximate surface area is 131 Å². The molecule has 2 aromatic rings. The highest BCUT2D eigenvalue weighted by Gasteiger charge is 2.25. The van der Waals surface area contributed by atoms with Crippen LogP contribution < -0.4 is 0 Å². The number of aliphatic hydroxyl groups is 1. The van der Waals surface area contributed by atoms with E-state index in [0.29, 0.717) is 13.1 Å². The van der Waals surface area contributed by atoms with E-state index >= 15 is 0 Å². The van der Waals surface area contributed by atoms with Crippen molar-refractivity contribution in [3.8, 4) is 0 Å². The zero-order valence-electron chi connectivity index (χ0n) is 13.1. The van der Waals surface area contributed by atoms with Crippen LogP contribution in [0, 0.1) is 5.92 Å². The van der Waals surface area contributed by atoms with E-state index in [2.05, 4.69) is 6.07 Å². The lowest BCUT2D eigenvalue weighted by Crippen LogP contribution is -2.39. The van der Waals surface area contributed by atoms with Gasteiger partial charge in [0.2, 0.25) is 5.91 Å². The van der Waals surface area contributed by atoms with E-state index in [1.54, 1.807) is 4.90 Å². The molecule has 0 bridgehead atoms. The van der Waals surface area contributed by atoms with Crippen molar-refractivity contribution < 1.29 is 9.90 Å². The molecule has 22 heavy (non-hydrogen) atoms. The number of likely N-dealkylation sites (N-methyl/N-ethyl adjacent to an activating group) is 1. The van der Waals surface area contributed by atoms with Gasteiger partial charge in [0.25, 0.3) is 0 Å². The molecule has 1 fully saturated rings. The van der Waals surface area contributed by atoms with Gasteiger partial charge in [0.05, 0.1) is 6.10 Å². The molecule has 4 nitrogen and oxygen atoms in total. The van der Waals surface area contributed by atoms with Crippen LogP contribution in [0.2, 0.25) is 0 Å². The lowest BCUT2D eigenvalue weighted by molar-refractivity contribution is -0.131. The minimum absolute atomic E-state index is 0.0964. The summed E-state index contributed by atoms with van der Waals surface area (Å²) in [6.45, 7) is 1.01. The van der Waals surface area contributed by atoms with E-state index in [1.807, 2.05) is 42.1 Å². The van der Waals surface area contributed by atoms with Gasteiger partial charge < -0.3 is 14.6 Å². The van der Waals surface area contributed by atoms with E-state index in [1.165, 1.54) is 0 Å². The molecule has 3 rings (SSSR count). The van der Waals surface area contributed by atoms with Gasteiger partial charge in [-0.25, -0.2) is 0 Å². The van der Waals surface area contributed by atoms with Gasteiger partial charge in [-0.2, -0.15) is 0 Å². The van der Waals surface area contributed by atoms with Crippen molar-refractivity contribution in [3.63, 3.8) is 0 Å². The molecule has 1 aromatic carbocycles. The third-order valence-corrected chi connectivity index (χ3v) is 4.79. The summed E-state index contributed by atoms with van der Waals surface area (Å²) in [5.74, 6) is 0.322. The first-order valence-corrected chi connectivity index (χ1v) is 8.11. The Bertz CT molecular complexity index is 649. The zero-order chi connectivity index (χ0) is 15.5. The second kappa shape index (κ2) is 6.53. The summed E-state index contributed by atoms with van der Waals surface area (Å²) in [6.07, 6.45) is 5.86. The molecule has 2 unspecified atom stereocenters. The van der Waals surface area contributed by atoms with Crippen molar-refractivity contribution in [2.24, 2.45) is 5.92 Å². The van der Waals surface area contributed by atoms with Crippen LogP contribution >= 0.6 is 0 Å². The quantitative estimate of drug-likeness (QED) is 0.943. The second-order valence-electron chi connectivity index (χ2n) is 6.39. The highest BCUT2D eigenvalue weighted by atomic mass is 16.3. The Morgan fingerprint density at radius 3 is 2.86 bits per heavy atom. The van der Waals surface area contributed by atoms with Crippen LogP contribution in [0.3, 0.4) is 0 Å². The maximum Gasteiger partial charge on any atom is 0.242 e. The minimum atomic E-state index is -0.253. The van der Waals surface area contributed by atoms with Gasteiger partial charge >= 0.3 is 0 Å². The van der Waals surface area contributed by atoms with Crippen LogP contribution in [0.25, 0.3) is 10.9 Å². The highest BCUT2D eigenvalue weighted by molar-refractivity contribution is 5.83. The number of para-hydroxylation sites is 1. The van der Waals surface area contributed by atoms with Crippen molar-refractivity contribution >= 4 is 16.8 Å². The Morgan fingerprint density at radius 2 is 2.05 bits per heavy atom. The lowest BCUT2D eigenvalue weighted by Gasteiger charge is -2.31. The van der Waals surface area contributed by atoms with Gasteiger partial charge in [-0.1, -0.05) is 31.0 Å². The van der Waals surface area contributed by atoms with Gasteiger partial charge in [0.15, 0.2) is 0 Å². The third-order valence-electron chi connectivity index (χ3n) is 4.79. The Kier molecular flexibility index (Phi) is 4.48. The zero-order valence-corrected chi connectivity index (χ0v) is 13.1. The van der Waals surface area contributed by atoms with Crippen molar-refractivity contribution in [1.29, 1.82) is 0 Å². The van der Waals surface area contributed by atoms with Gasteiger partial charge in [-0.15, -0.1) is 0 Å². The SMILES string of the molecule is CN(CC1CCCCC1O)C(=O)Cn1ccc2ccccc21. The number of aromatic nitrogens is 1. The average Bonchev–Trinajstić information content (AvgIpc) is 2.93. The second-order valence-corrected chi connectivity index (χ2v) is 6.39. The molecule has 1 aliphatic carbocycles. The van der Waals surface area contributed by atoms with E-state index in [4.69, 9.17) is 0 Å².